The zero-order valence-corrected chi connectivity index (χ0v) is 83.2. The molecule has 6 aliphatic heterocycles. The molecule has 144 heavy (non-hydrogen) atoms. The fourth-order valence-electron chi connectivity index (χ4n) is 17.5. The summed E-state index contributed by atoms with van der Waals surface area (Å²) in [6, 6.07) is -5.11. The van der Waals surface area contributed by atoms with Crippen LogP contribution in [0.25, 0.3) is 21.8 Å². The average Bonchev–Trinajstić information content (AvgIpc) is 1.01. The smallest absolute Gasteiger partial charge is 0.327 e. The first-order valence-corrected chi connectivity index (χ1v) is 51.7. The van der Waals surface area contributed by atoms with Crippen molar-refractivity contribution in [3.8, 4) is 0 Å². The first-order valence-electron chi connectivity index (χ1n) is 46.9. The van der Waals surface area contributed by atoms with Gasteiger partial charge in [0.2, 0.25) is 106 Å². The molecule has 776 valence electrons. The number of fused-ring (bicyclic) bond motifs is 7. The maximum Gasteiger partial charge on any atom is 0.327 e. The fraction of sp³-hybridized carbons (Fsp3) is 0.511. The van der Waals surface area contributed by atoms with Crippen LogP contribution < -0.4 is 96.5 Å². The molecule has 50 heteroatoms. The summed E-state index contributed by atoms with van der Waals surface area (Å²) in [5.74, 6) is -34.4. The lowest BCUT2D eigenvalue weighted by Crippen LogP contribution is -2.68. The van der Waals surface area contributed by atoms with Gasteiger partial charge < -0.3 is 127 Å². The Bertz CT molecular complexity index is 5780. The Morgan fingerprint density at radius 2 is 1.07 bits per heavy atom. The lowest BCUT2D eigenvalue weighted by atomic mass is 9.89. The van der Waals surface area contributed by atoms with Crippen LogP contribution in [0.15, 0.2) is 103 Å². The molecule has 18 amide bonds. The molecule has 46 nitrogen and oxygen atoms in total. The largest absolute Gasteiger partial charge is 0.481 e. The molecule has 0 radical (unpaired) electrons. The molecule has 5 aromatic rings. The number of aromatic amines is 2. The number of aliphatic hydroxyl groups excluding tert-OH is 1. The van der Waals surface area contributed by atoms with Crippen LogP contribution in [0.5, 0.6) is 0 Å². The Morgan fingerprint density at radius 1 is 0.514 bits per heavy atom. The molecule has 2 aromatic heterocycles. The highest BCUT2D eigenvalue weighted by molar-refractivity contribution is 8.76. The number of allylic oxidation sites excluding steroid dienone is 1. The third kappa shape index (κ3) is 28.8. The molecule has 6 aliphatic rings. The molecule has 8 heterocycles. The van der Waals surface area contributed by atoms with Crippen LogP contribution in [0.3, 0.4) is 0 Å². The maximum absolute atomic E-state index is 16.8. The molecule has 25 N–H and O–H groups in total. The monoisotopic (exact) mass is 2070 g/mol. The summed E-state index contributed by atoms with van der Waals surface area (Å²) in [7, 11) is 1.33. The van der Waals surface area contributed by atoms with Crippen molar-refractivity contribution in [2.45, 2.75) is 233 Å². The molecule has 11 rings (SSSR count). The number of thioether (sulfide) groups is 2. The van der Waals surface area contributed by atoms with E-state index in [1.165, 1.54) is 44.1 Å². The molecule has 2 spiro atoms. The Balaban J connectivity index is 1.06. The number of H-pyrrole nitrogens is 2. The minimum Gasteiger partial charge on any atom is -0.481 e. The number of carboxylic acids is 2. The number of aromatic nitrogens is 2. The third-order valence-corrected chi connectivity index (χ3v) is 30.6. The van der Waals surface area contributed by atoms with Crippen molar-refractivity contribution in [2.24, 2.45) is 29.2 Å². The predicted molar refractivity (Wildman–Crippen MR) is 527 cm³/mol. The van der Waals surface area contributed by atoms with E-state index in [-0.39, 0.29) is 37.8 Å². The van der Waals surface area contributed by atoms with Gasteiger partial charge in [-0.15, -0.1) is 0 Å². The Labute approximate surface area is 842 Å². The minimum absolute atomic E-state index is 0.0371. The minimum atomic E-state index is -2.86. The Morgan fingerprint density at radius 3 is 1.69 bits per heavy atom. The normalized spacial score (nSPS) is 28.8. The van der Waals surface area contributed by atoms with Gasteiger partial charge in [-0.3, -0.25) is 101 Å². The van der Waals surface area contributed by atoms with E-state index in [1.54, 1.807) is 92.7 Å². The number of hydrogen-bond donors (Lipinski definition) is 23. The number of aliphatic carboxylic acids is 2. The summed E-state index contributed by atoms with van der Waals surface area (Å²) in [5, 5.41) is 74.7. The summed E-state index contributed by atoms with van der Waals surface area (Å²) in [6.07, 6.45) is -4.73. The summed E-state index contributed by atoms with van der Waals surface area (Å²) in [6.45, 7) is 8.69. The zero-order chi connectivity index (χ0) is 105. The third-order valence-electron chi connectivity index (χ3n) is 25.6. The van der Waals surface area contributed by atoms with Crippen molar-refractivity contribution in [3.63, 3.8) is 0 Å². The molecule has 0 saturated carbocycles. The van der Waals surface area contributed by atoms with Crippen molar-refractivity contribution in [1.82, 2.24) is 99.9 Å². The van der Waals surface area contributed by atoms with Crippen molar-refractivity contribution in [1.29, 1.82) is 0 Å². The van der Waals surface area contributed by atoms with Gasteiger partial charge in [-0.05, 0) is 87.1 Å². The molecule has 6 saturated heterocycles. The second-order valence-corrected chi connectivity index (χ2v) is 41.8. The highest BCUT2D eigenvalue weighted by Gasteiger charge is 2.52. The number of hydrogen-bond acceptors (Lipinski definition) is 28. The number of carbonyl (C=O) groups excluding carboxylic acids is 20. The number of ketones is 2. The van der Waals surface area contributed by atoms with Gasteiger partial charge in [-0.1, -0.05) is 122 Å². The standard InChI is InChI=1S/C94H121N21O25S4/c1-8-49-30-68(117)59(27-48-17-10-9-11-18-48)102-86(133)67-23-16-26-115(67)89(136)74(45(4)5)110-83(130)61(29-51-36-98-57-22-15-13-20-54(51)57)109-91(139)94-34-63(84(131)111-75(47(7)116)87(134)99-37-71(120)113-94)105-78(125)52(38-143-144-41-66(90(137)138)108-85(132)65(40-142-43-94)107-77(49)124)31-69(118)64-39-141-42-93(33-55(95)79(126)103-62(32-70(96)119)81(128)100-46(6)76(123)114-93)92(140)112-73(44(2)3)88(135)104-60(28-50-35-97-56-21-14-12-19-53(50)56)82(129)101-58(80(127)106-64)24-25-72(121)122/h8-15,17-22,35-36,44-47,52,55,58-67,73-75,97-98,116H,16,23-34,37-43,95H2,1-7H3,(H2,96,119)(H,99,134)(H,100,128)(H,101,129)(H,102,133)(H,103,126)(H,104,135)(H,105,125)(H,106,127)(H,107,124)(H,108,132)(H,109,139)(H,110,130)(H,111,131)(H,112,140)(H,113,120)(H,114,123)(H,121,122)(H,137,138)/b49-8+/t46-,47+,52+,55-,58-,59-,60-,61-,62-,63-,64-,65-,66-,67-,73-,74-,75-,93+,94+/m0/s1. The van der Waals surface area contributed by atoms with Crippen molar-refractivity contribution in [2.75, 3.05) is 47.6 Å². The quantitative estimate of drug-likeness (QED) is 0.0292. The van der Waals surface area contributed by atoms with E-state index in [9.17, 15) is 53.7 Å². The Hall–Kier alpha value is -13.5. The van der Waals surface area contributed by atoms with Gasteiger partial charge >= 0.3 is 11.9 Å². The molecule has 3 bridgehead atoms. The van der Waals surface area contributed by atoms with Crippen LogP contribution >= 0.6 is 45.1 Å². The number of rotatable bonds is 18. The molecular formula is C94H121N21O25S4. The number of carbonyl (C=O) groups is 22. The van der Waals surface area contributed by atoms with Gasteiger partial charge in [0.05, 0.1) is 43.1 Å². The van der Waals surface area contributed by atoms with Crippen LogP contribution in [0.1, 0.15) is 123 Å². The SMILES string of the molecule is C/C=C1\CC(=O)[C@H](Cc2ccccc2)NC(=O)[C@@H]2CCCN2C(=O)[C@H](C(C)C)NC(=O)[C@H](Cc2c[nH]c3ccccc23)NC(=O)[C@]23CSC[C@H](NC1=O)C(=O)N[C@H](C(=O)O)CSSC[C@@H](CC(=O)[C@@H]1CSC[C@]4(C[C@H](N)C(=O)N[C@@H](CC(N)=O)C(=O)N[C@@H](C)C(=O)N4)C(=O)N[C@@H](C(C)C)C(=O)N[C@@H](Cc4c[nH]c5ccccc45)C(=O)N[C@@H](CCC(=O)O)C(=O)N1)C(=O)N[C@@H](C2)C(=O)N[C@@H]([C@@H](C)O)C(=O)NCC(=O)N3. The number of nitrogens with two attached hydrogens (primary N) is 2. The van der Waals surface area contributed by atoms with Gasteiger partial charge in [-0.25, -0.2) is 4.79 Å². The summed E-state index contributed by atoms with van der Waals surface area (Å²) in [5.41, 5.74) is 8.83. The zero-order valence-electron chi connectivity index (χ0n) is 79.9. The first-order chi connectivity index (χ1) is 68.3. The van der Waals surface area contributed by atoms with Crippen LogP contribution in [-0.4, -0.2) is 315 Å². The van der Waals surface area contributed by atoms with E-state index in [4.69, 9.17) is 11.5 Å². The van der Waals surface area contributed by atoms with Crippen LogP contribution in [-0.2, 0) is 125 Å². The summed E-state index contributed by atoms with van der Waals surface area (Å²) in [4.78, 5) is 338. The number of carboxylic acid groups (broad SMARTS) is 2. The van der Waals surface area contributed by atoms with E-state index in [1.807, 2.05) is 0 Å². The molecule has 0 aliphatic carbocycles. The van der Waals surface area contributed by atoms with Gasteiger partial charge in [0, 0.05) is 126 Å². The van der Waals surface area contributed by atoms with Crippen molar-refractivity contribution >= 4 is 197 Å². The summed E-state index contributed by atoms with van der Waals surface area (Å²) < 4.78 is 0. The summed E-state index contributed by atoms with van der Waals surface area (Å²) >= 11 is 1.12. The molecule has 6 fully saturated rings. The van der Waals surface area contributed by atoms with E-state index < -0.39 is 348 Å². The number of Topliss-reactive ketones (excluding diaryl/α,β-unsaturated/α-hetero) is 2. The van der Waals surface area contributed by atoms with Gasteiger partial charge in [0.25, 0.3) is 0 Å². The molecule has 0 unspecified atom stereocenters. The highest BCUT2D eigenvalue weighted by atomic mass is 33.1. The highest BCUT2D eigenvalue weighted by Crippen LogP contribution is 2.33. The molecule has 19 atom stereocenters. The number of aliphatic hydroxyl groups is 1. The average molecular weight is 2070 g/mol. The number of nitrogens with one attached hydrogen (secondary N) is 18. The topological polar surface area (TPSA) is 716 Å². The van der Waals surface area contributed by atoms with Gasteiger partial charge in [0.1, 0.15) is 83.6 Å². The van der Waals surface area contributed by atoms with Gasteiger partial charge in [-0.2, -0.15) is 23.5 Å². The predicted octanol–water partition coefficient (Wildman–Crippen LogP) is -4.16. The van der Waals surface area contributed by atoms with E-state index in [0.29, 0.717) is 83.6 Å². The maximum atomic E-state index is 16.8. The number of para-hydroxylation sites is 2. The number of benzene rings is 3. The second kappa shape index (κ2) is 50.2. The lowest BCUT2D eigenvalue weighted by molar-refractivity contribution is -0.143. The van der Waals surface area contributed by atoms with Crippen LogP contribution in [0.2, 0.25) is 0 Å². The van der Waals surface area contributed by atoms with E-state index >= 15 is 67.1 Å². The van der Waals surface area contributed by atoms with E-state index in [2.05, 4.69) is 95.0 Å². The van der Waals surface area contributed by atoms with Crippen LogP contribution in [0, 0.1) is 17.8 Å². The van der Waals surface area contributed by atoms with Crippen molar-refractivity contribution < 1.29 is 121 Å². The lowest BCUT2D eigenvalue weighted by Gasteiger charge is -2.38. The number of amides is 18. The second-order valence-electron chi connectivity index (χ2n) is 37.2. The van der Waals surface area contributed by atoms with Crippen LogP contribution in [0.4, 0.5) is 0 Å². The molecule has 3 aromatic carbocycles. The first kappa shape index (κ1) is 111. The number of nitrogens with zero attached hydrogens (tertiary/aromatic N) is 1. The van der Waals surface area contributed by atoms with Crippen molar-refractivity contribution in [3.05, 3.63) is 120 Å². The van der Waals surface area contributed by atoms with E-state index in [0.717, 1.165) is 13.8 Å². The van der Waals surface area contributed by atoms with Gasteiger partial charge in [0.15, 0.2) is 11.6 Å². The molecular weight excluding hydrogens is 1950 g/mol. The fourth-order valence-corrected chi connectivity index (χ4v) is 22.5. The Kier molecular flexibility index (Phi) is 38.6. The number of primary amides is 1.